The number of hydrogen-bond acceptors (Lipinski definition) is 6. The first-order valence-electron chi connectivity index (χ1n) is 7.88. The van der Waals surface area contributed by atoms with Gasteiger partial charge in [-0.3, -0.25) is 4.98 Å². The molecule has 128 valence electrons. The number of pyridine rings is 2. The molecule has 4 rings (SSSR count). The highest BCUT2D eigenvalue weighted by molar-refractivity contribution is 6.30. The maximum Gasteiger partial charge on any atom is 0.167 e. The highest BCUT2D eigenvalue weighted by Crippen LogP contribution is 2.33. The average molecular weight is 364 g/mol. The van der Waals surface area contributed by atoms with Crippen LogP contribution in [0.25, 0.3) is 22.4 Å². The number of aromatic nitrogens is 4. The Kier molecular flexibility index (Phi) is 4.33. The summed E-state index contributed by atoms with van der Waals surface area (Å²) in [6, 6.07) is 12.8. The fraction of sp³-hybridized carbons (Fsp3) is 0.0526. The van der Waals surface area contributed by atoms with E-state index in [-0.39, 0.29) is 0 Å². The van der Waals surface area contributed by atoms with Gasteiger partial charge in [0.25, 0.3) is 0 Å². The zero-order valence-electron chi connectivity index (χ0n) is 13.8. The molecule has 6 nitrogen and oxygen atoms in total. The summed E-state index contributed by atoms with van der Waals surface area (Å²) >= 11 is 6.16. The van der Waals surface area contributed by atoms with Crippen LogP contribution in [-0.4, -0.2) is 27.0 Å². The highest BCUT2D eigenvalue weighted by atomic mass is 35.5. The molecule has 0 amide bonds. The van der Waals surface area contributed by atoms with E-state index in [4.69, 9.17) is 21.3 Å². The van der Waals surface area contributed by atoms with E-state index in [9.17, 15) is 0 Å². The minimum Gasteiger partial charge on any atom is -0.496 e. The van der Waals surface area contributed by atoms with Crippen molar-refractivity contribution in [3.63, 3.8) is 0 Å². The number of methoxy groups -OCH3 is 1. The summed E-state index contributed by atoms with van der Waals surface area (Å²) in [5.74, 6) is 1.76. The normalized spacial score (nSPS) is 10.7. The summed E-state index contributed by atoms with van der Waals surface area (Å²) in [6.07, 6.45) is 5.13. The Hall–Kier alpha value is -3.25. The number of nitrogens with one attached hydrogen (secondary N) is 1. The topological polar surface area (TPSA) is 72.8 Å². The smallest absolute Gasteiger partial charge is 0.167 e. The Labute approximate surface area is 154 Å². The van der Waals surface area contributed by atoms with Crippen molar-refractivity contribution in [3.05, 3.63) is 66.1 Å². The van der Waals surface area contributed by atoms with Gasteiger partial charge in [-0.2, -0.15) is 0 Å². The second-order valence-corrected chi connectivity index (χ2v) is 5.91. The van der Waals surface area contributed by atoms with Crippen LogP contribution in [-0.2, 0) is 0 Å². The molecule has 0 bridgehead atoms. The van der Waals surface area contributed by atoms with Gasteiger partial charge in [-0.05, 0) is 42.5 Å². The Bertz CT molecular complexity index is 1070. The van der Waals surface area contributed by atoms with E-state index in [2.05, 4.69) is 20.3 Å². The Morgan fingerprint density at radius 2 is 1.85 bits per heavy atom. The van der Waals surface area contributed by atoms with Gasteiger partial charge in [-0.15, -0.1) is 0 Å². The quantitative estimate of drug-likeness (QED) is 0.575. The second kappa shape index (κ2) is 6.93. The van der Waals surface area contributed by atoms with E-state index in [0.29, 0.717) is 33.6 Å². The number of anilines is 2. The minimum absolute atomic E-state index is 0.479. The predicted octanol–water partition coefficient (Wildman–Crippen LogP) is 4.49. The van der Waals surface area contributed by atoms with Crippen LogP contribution in [0.1, 0.15) is 0 Å². The molecule has 0 saturated heterocycles. The molecule has 1 aromatic carbocycles. The van der Waals surface area contributed by atoms with Crippen LogP contribution < -0.4 is 10.1 Å². The van der Waals surface area contributed by atoms with Crippen LogP contribution in [0.2, 0.25) is 5.02 Å². The third kappa shape index (κ3) is 3.14. The van der Waals surface area contributed by atoms with Crippen molar-refractivity contribution in [1.82, 2.24) is 19.9 Å². The van der Waals surface area contributed by atoms with Gasteiger partial charge in [-0.1, -0.05) is 11.6 Å². The van der Waals surface area contributed by atoms with Gasteiger partial charge in [0, 0.05) is 29.3 Å². The molecule has 0 aliphatic rings. The van der Waals surface area contributed by atoms with E-state index < -0.39 is 0 Å². The van der Waals surface area contributed by atoms with E-state index in [0.717, 1.165) is 11.1 Å². The SMILES string of the molecule is COc1ccc(Cl)cc1-c1nc(Nc2ccncc2)c2cccnc2n1. The molecule has 3 aromatic heterocycles. The van der Waals surface area contributed by atoms with Gasteiger partial charge in [0.05, 0.1) is 18.1 Å². The largest absolute Gasteiger partial charge is 0.496 e. The number of ether oxygens (including phenoxy) is 1. The minimum atomic E-state index is 0.479. The summed E-state index contributed by atoms with van der Waals surface area (Å²) < 4.78 is 5.44. The summed E-state index contributed by atoms with van der Waals surface area (Å²) in [7, 11) is 1.60. The van der Waals surface area contributed by atoms with Crippen molar-refractivity contribution < 1.29 is 4.74 Å². The maximum atomic E-state index is 6.16. The molecule has 3 heterocycles. The van der Waals surface area contributed by atoms with Crippen LogP contribution in [0.4, 0.5) is 11.5 Å². The molecule has 0 unspecified atom stereocenters. The number of fused-ring (bicyclic) bond motifs is 1. The summed E-state index contributed by atoms with van der Waals surface area (Å²) in [6.45, 7) is 0. The van der Waals surface area contributed by atoms with E-state index in [1.165, 1.54) is 0 Å². The van der Waals surface area contributed by atoms with Crippen molar-refractivity contribution in [2.75, 3.05) is 12.4 Å². The fourth-order valence-electron chi connectivity index (χ4n) is 2.60. The number of benzene rings is 1. The van der Waals surface area contributed by atoms with Crippen molar-refractivity contribution in [3.8, 4) is 17.1 Å². The standard InChI is InChI=1S/C19H14ClN5O/c1-26-16-5-4-12(20)11-15(16)19-24-17-14(3-2-8-22-17)18(25-19)23-13-6-9-21-10-7-13/h2-11H,1H3,(H,21,22,23,24,25). The van der Waals surface area contributed by atoms with Crippen LogP contribution >= 0.6 is 11.6 Å². The first kappa shape index (κ1) is 16.2. The second-order valence-electron chi connectivity index (χ2n) is 5.48. The molecular weight excluding hydrogens is 350 g/mol. The lowest BCUT2D eigenvalue weighted by molar-refractivity contribution is 0.416. The Balaban J connectivity index is 1.91. The molecule has 26 heavy (non-hydrogen) atoms. The molecule has 0 saturated carbocycles. The third-order valence-electron chi connectivity index (χ3n) is 3.82. The average Bonchev–Trinajstić information content (AvgIpc) is 2.68. The van der Waals surface area contributed by atoms with Crippen molar-refractivity contribution in [2.45, 2.75) is 0 Å². The van der Waals surface area contributed by atoms with Gasteiger partial charge in [-0.25, -0.2) is 15.0 Å². The lowest BCUT2D eigenvalue weighted by atomic mass is 10.1. The van der Waals surface area contributed by atoms with Gasteiger partial charge < -0.3 is 10.1 Å². The summed E-state index contributed by atoms with van der Waals surface area (Å²) in [4.78, 5) is 17.7. The van der Waals surface area contributed by atoms with Gasteiger partial charge in [0.15, 0.2) is 11.5 Å². The molecule has 7 heteroatoms. The molecule has 0 radical (unpaired) electrons. The van der Waals surface area contributed by atoms with E-state index >= 15 is 0 Å². The monoisotopic (exact) mass is 363 g/mol. The molecule has 0 fully saturated rings. The zero-order chi connectivity index (χ0) is 17.9. The lowest BCUT2D eigenvalue weighted by Crippen LogP contribution is -2.01. The molecular formula is C19H14ClN5O. The molecule has 0 aliphatic carbocycles. The number of nitrogens with zero attached hydrogens (tertiary/aromatic N) is 4. The molecule has 0 atom stereocenters. The Morgan fingerprint density at radius 3 is 2.65 bits per heavy atom. The first-order valence-corrected chi connectivity index (χ1v) is 8.26. The van der Waals surface area contributed by atoms with Crippen LogP contribution in [0.15, 0.2) is 61.1 Å². The molecule has 1 N–H and O–H groups in total. The van der Waals surface area contributed by atoms with Gasteiger partial charge in [0.2, 0.25) is 0 Å². The predicted molar refractivity (Wildman–Crippen MR) is 102 cm³/mol. The zero-order valence-corrected chi connectivity index (χ0v) is 14.6. The van der Waals surface area contributed by atoms with Crippen LogP contribution in [0.5, 0.6) is 5.75 Å². The Morgan fingerprint density at radius 1 is 1.00 bits per heavy atom. The third-order valence-corrected chi connectivity index (χ3v) is 4.05. The number of hydrogen-bond donors (Lipinski definition) is 1. The van der Waals surface area contributed by atoms with E-state index in [1.807, 2.05) is 24.3 Å². The van der Waals surface area contributed by atoms with Crippen molar-refractivity contribution in [1.29, 1.82) is 0 Å². The summed E-state index contributed by atoms with van der Waals surface area (Å²) in [5, 5.41) is 4.70. The van der Waals surface area contributed by atoms with Gasteiger partial charge >= 0.3 is 0 Å². The first-order chi connectivity index (χ1) is 12.7. The number of rotatable bonds is 4. The number of halogens is 1. The van der Waals surface area contributed by atoms with E-state index in [1.54, 1.807) is 43.9 Å². The molecule has 0 aliphatic heterocycles. The van der Waals surface area contributed by atoms with Crippen molar-refractivity contribution >= 4 is 34.1 Å². The van der Waals surface area contributed by atoms with Crippen LogP contribution in [0.3, 0.4) is 0 Å². The maximum absolute atomic E-state index is 6.16. The molecule has 0 spiro atoms. The van der Waals surface area contributed by atoms with Crippen LogP contribution in [0, 0.1) is 0 Å². The van der Waals surface area contributed by atoms with Gasteiger partial charge in [0.1, 0.15) is 11.6 Å². The highest BCUT2D eigenvalue weighted by Gasteiger charge is 2.14. The lowest BCUT2D eigenvalue weighted by Gasteiger charge is -2.12. The summed E-state index contributed by atoms with van der Waals surface area (Å²) in [5.41, 5.74) is 2.15. The molecule has 4 aromatic rings. The fourth-order valence-corrected chi connectivity index (χ4v) is 2.78. The van der Waals surface area contributed by atoms with Crippen molar-refractivity contribution in [2.24, 2.45) is 0 Å².